The lowest BCUT2D eigenvalue weighted by molar-refractivity contribution is -0.144. The molecule has 0 amide bonds. The van der Waals surface area contributed by atoms with E-state index in [1.807, 2.05) is 0 Å². The second-order valence-electron chi connectivity index (χ2n) is 2.91. The lowest BCUT2D eigenvalue weighted by Gasteiger charge is -2.22. The first kappa shape index (κ1) is 11.5. The molecule has 0 aliphatic carbocycles. The Balaban J connectivity index is 0.00000121. The van der Waals surface area contributed by atoms with Gasteiger partial charge in [0, 0.05) is 0 Å². The minimum absolute atomic E-state index is 0. The second-order valence-corrected chi connectivity index (χ2v) is 2.91. The Morgan fingerprint density at radius 1 is 1.75 bits per heavy atom. The minimum Gasteiger partial charge on any atom is -0.480 e. The molecule has 1 heterocycles. The molecule has 0 aromatic carbocycles. The smallest absolute Gasteiger partial charge is 0.324 e. The number of halogens is 1. The van der Waals surface area contributed by atoms with Crippen molar-refractivity contribution in [2.24, 2.45) is 0 Å². The summed E-state index contributed by atoms with van der Waals surface area (Å²) in [4.78, 5) is 10.8. The van der Waals surface area contributed by atoms with Gasteiger partial charge in [0.2, 0.25) is 0 Å². The zero-order valence-corrected chi connectivity index (χ0v) is 7.69. The Hall–Kier alpha value is -0.540. The van der Waals surface area contributed by atoms with E-state index in [1.165, 1.54) is 0 Å². The van der Waals surface area contributed by atoms with Crippen molar-refractivity contribution in [2.75, 3.05) is 6.54 Å². The van der Waals surface area contributed by atoms with E-state index >= 15 is 0 Å². The molecule has 1 aliphatic rings. The van der Waals surface area contributed by atoms with Gasteiger partial charge in [-0.05, 0) is 25.8 Å². The fourth-order valence-corrected chi connectivity index (χ4v) is 1.50. The number of hydrogen-bond acceptors (Lipinski definition) is 2. The summed E-state index contributed by atoms with van der Waals surface area (Å²) < 4.78 is 0. The number of carboxylic acid groups (broad SMARTS) is 1. The summed E-state index contributed by atoms with van der Waals surface area (Å²) in [7, 11) is 0. The maximum Gasteiger partial charge on any atom is 0.324 e. The van der Waals surface area contributed by atoms with Gasteiger partial charge in [0.15, 0.2) is 0 Å². The molecule has 1 unspecified atom stereocenters. The van der Waals surface area contributed by atoms with Crippen molar-refractivity contribution in [3.63, 3.8) is 0 Å². The van der Waals surface area contributed by atoms with Crippen LogP contribution in [0.15, 0.2) is 12.7 Å². The SMILES string of the molecule is C=CCC1(C(=O)O)CCCN1.Cl. The normalized spacial score (nSPS) is 27.7. The van der Waals surface area contributed by atoms with Crippen LogP contribution in [0.5, 0.6) is 0 Å². The van der Waals surface area contributed by atoms with Gasteiger partial charge in [-0.15, -0.1) is 19.0 Å². The highest BCUT2D eigenvalue weighted by atomic mass is 35.5. The topological polar surface area (TPSA) is 49.3 Å². The quantitative estimate of drug-likeness (QED) is 0.659. The van der Waals surface area contributed by atoms with E-state index in [-0.39, 0.29) is 12.4 Å². The van der Waals surface area contributed by atoms with Crippen LogP contribution in [0.1, 0.15) is 19.3 Å². The summed E-state index contributed by atoms with van der Waals surface area (Å²) in [5.74, 6) is -0.755. The van der Waals surface area contributed by atoms with Crippen molar-refractivity contribution < 1.29 is 9.90 Å². The molecule has 1 atom stereocenters. The predicted octanol–water partition coefficient (Wildman–Crippen LogP) is 1.19. The van der Waals surface area contributed by atoms with Gasteiger partial charge in [0.05, 0.1) is 0 Å². The highest BCUT2D eigenvalue weighted by Gasteiger charge is 2.39. The molecule has 12 heavy (non-hydrogen) atoms. The molecule has 4 heteroatoms. The standard InChI is InChI=1S/C8H13NO2.ClH/c1-2-4-8(7(10)11)5-3-6-9-8;/h2,9H,1,3-6H2,(H,10,11);1H. The van der Waals surface area contributed by atoms with Crippen LogP contribution in [0.25, 0.3) is 0 Å². The van der Waals surface area contributed by atoms with E-state index in [4.69, 9.17) is 5.11 Å². The molecule has 1 aliphatic heterocycles. The van der Waals surface area contributed by atoms with Crippen LogP contribution >= 0.6 is 12.4 Å². The van der Waals surface area contributed by atoms with Crippen LogP contribution in [0.2, 0.25) is 0 Å². The third-order valence-electron chi connectivity index (χ3n) is 2.15. The Labute approximate surface area is 78.3 Å². The first-order chi connectivity index (χ1) is 5.21. The minimum atomic E-state index is -0.755. The van der Waals surface area contributed by atoms with Crippen LogP contribution in [-0.2, 0) is 4.79 Å². The summed E-state index contributed by atoms with van der Waals surface area (Å²) in [5, 5.41) is 11.9. The number of rotatable bonds is 3. The zero-order valence-electron chi connectivity index (χ0n) is 6.88. The summed E-state index contributed by atoms with van der Waals surface area (Å²) in [5.41, 5.74) is -0.707. The first-order valence-corrected chi connectivity index (χ1v) is 3.80. The van der Waals surface area contributed by atoms with Crippen molar-refractivity contribution in [2.45, 2.75) is 24.8 Å². The van der Waals surface area contributed by atoms with E-state index in [0.717, 1.165) is 13.0 Å². The summed E-state index contributed by atoms with van der Waals surface area (Å²) in [6.45, 7) is 4.35. The highest BCUT2D eigenvalue weighted by molar-refractivity contribution is 5.85. The Kier molecular flexibility index (Phi) is 4.28. The number of aliphatic carboxylic acids is 1. The van der Waals surface area contributed by atoms with E-state index in [9.17, 15) is 4.79 Å². The predicted molar refractivity (Wildman–Crippen MR) is 49.7 cm³/mol. The van der Waals surface area contributed by atoms with E-state index in [2.05, 4.69) is 11.9 Å². The van der Waals surface area contributed by atoms with Crippen LogP contribution < -0.4 is 5.32 Å². The zero-order chi connectivity index (χ0) is 8.32. The van der Waals surface area contributed by atoms with Crippen molar-refractivity contribution in [3.05, 3.63) is 12.7 Å². The van der Waals surface area contributed by atoms with Crippen molar-refractivity contribution in [1.29, 1.82) is 0 Å². The molecule has 2 N–H and O–H groups in total. The molecule has 0 aromatic heterocycles. The number of carbonyl (C=O) groups is 1. The third kappa shape index (κ3) is 1.99. The third-order valence-corrected chi connectivity index (χ3v) is 2.15. The van der Waals surface area contributed by atoms with E-state index < -0.39 is 11.5 Å². The highest BCUT2D eigenvalue weighted by Crippen LogP contribution is 2.23. The molecule has 3 nitrogen and oxygen atoms in total. The summed E-state index contributed by atoms with van der Waals surface area (Å²) >= 11 is 0. The second kappa shape index (κ2) is 4.48. The Morgan fingerprint density at radius 2 is 2.42 bits per heavy atom. The largest absolute Gasteiger partial charge is 0.480 e. The van der Waals surface area contributed by atoms with Crippen molar-refractivity contribution >= 4 is 18.4 Å². The van der Waals surface area contributed by atoms with E-state index in [0.29, 0.717) is 12.8 Å². The van der Waals surface area contributed by atoms with Gasteiger partial charge < -0.3 is 10.4 Å². The summed E-state index contributed by atoms with van der Waals surface area (Å²) in [6, 6.07) is 0. The van der Waals surface area contributed by atoms with Gasteiger partial charge >= 0.3 is 5.97 Å². The number of hydrogen-bond donors (Lipinski definition) is 2. The number of nitrogens with one attached hydrogen (secondary N) is 1. The molecular weight excluding hydrogens is 178 g/mol. The lowest BCUT2D eigenvalue weighted by Crippen LogP contribution is -2.46. The van der Waals surface area contributed by atoms with Gasteiger partial charge in [-0.25, -0.2) is 0 Å². The average Bonchev–Trinajstić information content (AvgIpc) is 2.38. The molecule has 0 radical (unpaired) electrons. The van der Waals surface area contributed by atoms with Gasteiger partial charge in [-0.2, -0.15) is 0 Å². The molecule has 1 saturated heterocycles. The molecule has 1 fully saturated rings. The van der Waals surface area contributed by atoms with Crippen LogP contribution in [0.3, 0.4) is 0 Å². The first-order valence-electron chi connectivity index (χ1n) is 3.80. The fraction of sp³-hybridized carbons (Fsp3) is 0.625. The molecule has 0 saturated carbocycles. The summed E-state index contributed by atoms with van der Waals surface area (Å²) in [6.07, 6.45) is 3.84. The van der Waals surface area contributed by atoms with Gasteiger partial charge in [-0.3, -0.25) is 4.79 Å². The van der Waals surface area contributed by atoms with Gasteiger partial charge in [0.25, 0.3) is 0 Å². The Bertz CT molecular complexity index is 176. The fourth-order valence-electron chi connectivity index (χ4n) is 1.50. The molecule has 1 rings (SSSR count). The van der Waals surface area contributed by atoms with Crippen molar-refractivity contribution in [3.8, 4) is 0 Å². The van der Waals surface area contributed by atoms with Crippen LogP contribution in [0.4, 0.5) is 0 Å². The van der Waals surface area contributed by atoms with Gasteiger partial charge in [-0.1, -0.05) is 6.08 Å². The van der Waals surface area contributed by atoms with Crippen LogP contribution in [0, 0.1) is 0 Å². The van der Waals surface area contributed by atoms with Crippen molar-refractivity contribution in [1.82, 2.24) is 5.32 Å². The maximum absolute atomic E-state index is 10.8. The molecule has 70 valence electrons. The maximum atomic E-state index is 10.8. The number of carboxylic acids is 1. The van der Waals surface area contributed by atoms with E-state index in [1.54, 1.807) is 6.08 Å². The van der Waals surface area contributed by atoms with Gasteiger partial charge in [0.1, 0.15) is 5.54 Å². The lowest BCUT2D eigenvalue weighted by atomic mass is 9.94. The van der Waals surface area contributed by atoms with Crippen LogP contribution in [-0.4, -0.2) is 23.2 Å². The molecule has 0 aromatic rings. The molecular formula is C8H14ClNO2. The Morgan fingerprint density at radius 3 is 2.75 bits per heavy atom. The average molecular weight is 192 g/mol. The molecule has 0 bridgehead atoms. The monoisotopic (exact) mass is 191 g/mol. The molecule has 0 spiro atoms.